The van der Waals surface area contributed by atoms with Gasteiger partial charge in [0.2, 0.25) is 0 Å². The number of halogens is 3. The smallest absolute Gasteiger partial charge is 0.350 e. The van der Waals surface area contributed by atoms with Gasteiger partial charge in [0.15, 0.2) is 5.82 Å². The largest absolute Gasteiger partial charge is 0.416 e. The minimum absolute atomic E-state index is 0.00338. The Morgan fingerprint density at radius 2 is 1.94 bits per heavy atom. The van der Waals surface area contributed by atoms with Gasteiger partial charge in [-0.05, 0) is 37.1 Å². The minimum Gasteiger partial charge on any atom is -0.350 e. The van der Waals surface area contributed by atoms with Crippen LogP contribution in [-0.2, 0) is 19.8 Å². The third-order valence-corrected chi connectivity index (χ3v) is 5.21. The van der Waals surface area contributed by atoms with Crippen molar-refractivity contribution in [3.63, 3.8) is 0 Å². The summed E-state index contributed by atoms with van der Waals surface area (Å²) in [5.41, 5.74) is -1.57. The molecule has 1 aromatic carbocycles. The summed E-state index contributed by atoms with van der Waals surface area (Å²) in [5, 5.41) is 6.82. The molecule has 1 fully saturated rings. The fraction of sp³-hybridized carbons (Fsp3) is 0.333. The van der Waals surface area contributed by atoms with Gasteiger partial charge in [0.25, 0.3) is 11.5 Å². The molecule has 0 bridgehead atoms. The average Bonchev–Trinajstić information content (AvgIpc) is 3.53. The van der Waals surface area contributed by atoms with Gasteiger partial charge >= 0.3 is 11.9 Å². The SMILES string of the molecule is Cn1cccc(C(=O)NCCn2nc(-c3cccc(C(F)(F)F)c3)n(C3CC3)c2=O)c1=O. The predicted molar refractivity (Wildman–Crippen MR) is 109 cm³/mol. The number of nitrogens with zero attached hydrogens (tertiary/aromatic N) is 4. The van der Waals surface area contributed by atoms with Crippen molar-refractivity contribution >= 4 is 5.91 Å². The number of rotatable bonds is 6. The van der Waals surface area contributed by atoms with Crippen molar-refractivity contribution in [2.24, 2.45) is 7.05 Å². The van der Waals surface area contributed by atoms with Gasteiger partial charge in [0.05, 0.1) is 12.1 Å². The van der Waals surface area contributed by atoms with E-state index in [0.717, 1.165) is 29.7 Å². The number of aryl methyl sites for hydroxylation is 1. The highest BCUT2D eigenvalue weighted by molar-refractivity contribution is 5.93. The Kier molecular flexibility index (Phi) is 5.49. The molecule has 2 heterocycles. The fourth-order valence-electron chi connectivity index (χ4n) is 3.40. The molecule has 4 rings (SSSR count). The van der Waals surface area contributed by atoms with E-state index in [1.165, 1.54) is 40.6 Å². The average molecular weight is 447 g/mol. The summed E-state index contributed by atoms with van der Waals surface area (Å²) in [5.74, 6) is -0.425. The maximum atomic E-state index is 13.1. The molecule has 1 N–H and O–H groups in total. The lowest BCUT2D eigenvalue weighted by Crippen LogP contribution is -2.35. The van der Waals surface area contributed by atoms with E-state index in [2.05, 4.69) is 10.4 Å². The highest BCUT2D eigenvalue weighted by atomic mass is 19.4. The summed E-state index contributed by atoms with van der Waals surface area (Å²) in [6.45, 7) is 0.0178. The lowest BCUT2D eigenvalue weighted by molar-refractivity contribution is -0.137. The van der Waals surface area contributed by atoms with Crippen LogP contribution in [0.15, 0.2) is 52.2 Å². The van der Waals surface area contributed by atoms with Crippen LogP contribution in [-0.4, -0.2) is 31.4 Å². The van der Waals surface area contributed by atoms with Crippen molar-refractivity contribution in [2.75, 3.05) is 6.54 Å². The number of hydrogen-bond donors (Lipinski definition) is 1. The zero-order valence-electron chi connectivity index (χ0n) is 17.1. The maximum absolute atomic E-state index is 13.1. The minimum atomic E-state index is -4.51. The van der Waals surface area contributed by atoms with E-state index in [4.69, 9.17) is 0 Å². The van der Waals surface area contributed by atoms with Crippen molar-refractivity contribution in [2.45, 2.75) is 31.6 Å². The molecule has 0 saturated heterocycles. The van der Waals surface area contributed by atoms with E-state index in [1.807, 2.05) is 0 Å². The molecule has 0 spiro atoms. The number of pyridine rings is 1. The summed E-state index contributed by atoms with van der Waals surface area (Å²) in [6, 6.07) is 7.55. The van der Waals surface area contributed by atoms with E-state index < -0.39 is 28.9 Å². The Morgan fingerprint density at radius 3 is 2.62 bits per heavy atom. The van der Waals surface area contributed by atoms with Crippen LogP contribution >= 0.6 is 0 Å². The maximum Gasteiger partial charge on any atom is 0.416 e. The quantitative estimate of drug-likeness (QED) is 0.627. The molecule has 3 aromatic rings. The number of benzene rings is 1. The van der Waals surface area contributed by atoms with Gasteiger partial charge in [-0.25, -0.2) is 9.48 Å². The Balaban J connectivity index is 1.56. The first-order valence-electron chi connectivity index (χ1n) is 9.97. The number of carbonyl (C=O) groups excluding carboxylic acids is 1. The van der Waals surface area contributed by atoms with Crippen LogP contribution < -0.4 is 16.6 Å². The van der Waals surface area contributed by atoms with Crippen molar-refractivity contribution < 1.29 is 18.0 Å². The molecular formula is C21H20F3N5O3. The fourth-order valence-corrected chi connectivity index (χ4v) is 3.40. The molecule has 168 valence electrons. The third-order valence-electron chi connectivity index (χ3n) is 5.21. The first kappa shape index (κ1) is 21.6. The highest BCUT2D eigenvalue weighted by Gasteiger charge is 2.33. The van der Waals surface area contributed by atoms with Gasteiger partial charge in [0, 0.05) is 31.4 Å². The Labute approximate surface area is 179 Å². The van der Waals surface area contributed by atoms with Crippen LogP contribution in [0.4, 0.5) is 13.2 Å². The summed E-state index contributed by atoms with van der Waals surface area (Å²) in [6.07, 6.45) is -1.50. The molecule has 2 aromatic heterocycles. The lowest BCUT2D eigenvalue weighted by Gasteiger charge is -2.09. The Hall–Kier alpha value is -3.63. The molecule has 8 nitrogen and oxygen atoms in total. The molecule has 1 amide bonds. The molecule has 0 aliphatic heterocycles. The second kappa shape index (κ2) is 8.13. The van der Waals surface area contributed by atoms with Gasteiger partial charge in [-0.15, -0.1) is 5.10 Å². The first-order valence-corrected chi connectivity index (χ1v) is 9.97. The number of hydrogen-bond acceptors (Lipinski definition) is 4. The van der Waals surface area contributed by atoms with Crippen molar-refractivity contribution in [3.05, 3.63) is 74.6 Å². The first-order chi connectivity index (χ1) is 15.2. The van der Waals surface area contributed by atoms with E-state index in [1.54, 1.807) is 6.07 Å². The topological polar surface area (TPSA) is 90.9 Å². The lowest BCUT2D eigenvalue weighted by atomic mass is 10.1. The molecule has 11 heteroatoms. The molecular weight excluding hydrogens is 427 g/mol. The van der Waals surface area contributed by atoms with Gasteiger partial charge < -0.3 is 9.88 Å². The second-order valence-electron chi connectivity index (χ2n) is 7.60. The zero-order chi connectivity index (χ0) is 23.0. The Morgan fingerprint density at radius 1 is 1.19 bits per heavy atom. The number of carbonyl (C=O) groups is 1. The molecule has 1 aliphatic rings. The van der Waals surface area contributed by atoms with Crippen molar-refractivity contribution in [1.29, 1.82) is 0 Å². The summed E-state index contributed by atoms with van der Waals surface area (Å²) >= 11 is 0. The van der Waals surface area contributed by atoms with Crippen LogP contribution in [0, 0.1) is 0 Å². The molecule has 1 aliphatic carbocycles. The van der Waals surface area contributed by atoms with Gasteiger partial charge in [0.1, 0.15) is 5.56 Å². The normalized spacial score (nSPS) is 13.9. The molecule has 0 atom stereocenters. The summed E-state index contributed by atoms with van der Waals surface area (Å²) in [7, 11) is 1.53. The number of amides is 1. The molecule has 0 unspecified atom stereocenters. The monoisotopic (exact) mass is 447 g/mol. The van der Waals surface area contributed by atoms with Gasteiger partial charge in [-0.1, -0.05) is 12.1 Å². The van der Waals surface area contributed by atoms with E-state index in [-0.39, 0.29) is 36.1 Å². The van der Waals surface area contributed by atoms with E-state index in [0.29, 0.717) is 0 Å². The third kappa shape index (κ3) is 4.23. The second-order valence-corrected chi connectivity index (χ2v) is 7.60. The van der Waals surface area contributed by atoms with Crippen LogP contribution in [0.25, 0.3) is 11.4 Å². The highest BCUT2D eigenvalue weighted by Crippen LogP contribution is 2.37. The van der Waals surface area contributed by atoms with Crippen LogP contribution in [0.3, 0.4) is 0 Å². The predicted octanol–water partition coefficient (Wildman–Crippen LogP) is 2.19. The van der Waals surface area contributed by atoms with Crippen LogP contribution in [0.1, 0.15) is 34.8 Å². The summed E-state index contributed by atoms with van der Waals surface area (Å²) in [4.78, 5) is 37.2. The van der Waals surface area contributed by atoms with Crippen LogP contribution in [0.5, 0.6) is 0 Å². The zero-order valence-corrected chi connectivity index (χ0v) is 17.1. The number of alkyl halides is 3. The Bertz CT molecular complexity index is 1280. The number of aromatic nitrogens is 4. The van der Waals surface area contributed by atoms with Gasteiger partial charge in [-0.2, -0.15) is 13.2 Å². The van der Waals surface area contributed by atoms with Gasteiger partial charge in [-0.3, -0.25) is 14.2 Å². The van der Waals surface area contributed by atoms with E-state index >= 15 is 0 Å². The van der Waals surface area contributed by atoms with Crippen molar-refractivity contribution in [1.82, 2.24) is 24.2 Å². The molecule has 32 heavy (non-hydrogen) atoms. The standard InChI is InChI=1S/C21H20F3N5O3/c1-27-10-3-6-16(19(27)31)18(30)25-9-11-28-20(32)29(15-7-8-15)17(26-28)13-4-2-5-14(12-13)21(22,23)24/h2-6,10,12,15H,7-9,11H2,1H3,(H,25,30). The summed E-state index contributed by atoms with van der Waals surface area (Å²) < 4.78 is 43.2. The molecule has 1 saturated carbocycles. The number of nitrogens with one attached hydrogen (secondary N) is 1. The molecule has 0 radical (unpaired) electrons. The van der Waals surface area contributed by atoms with E-state index in [9.17, 15) is 27.6 Å². The van der Waals surface area contributed by atoms with Crippen LogP contribution in [0.2, 0.25) is 0 Å². The van der Waals surface area contributed by atoms with Crippen molar-refractivity contribution in [3.8, 4) is 11.4 Å².